The number of hydrogen-bond donors (Lipinski definition) is 4. The van der Waals surface area contributed by atoms with Gasteiger partial charge in [0.1, 0.15) is 0 Å². The van der Waals surface area contributed by atoms with E-state index in [1.165, 1.54) is 25.9 Å². The number of nitrogens with one attached hydrogen (secondary N) is 3. The minimum absolute atomic E-state index is 0. The van der Waals surface area contributed by atoms with E-state index in [-0.39, 0.29) is 6.15 Å². The summed E-state index contributed by atoms with van der Waals surface area (Å²) in [6, 6.07) is 2.01. The van der Waals surface area contributed by atoms with Crippen LogP contribution in [0.2, 0.25) is 0 Å². The molecule has 0 aromatic heterocycles. The fourth-order valence-corrected chi connectivity index (χ4v) is 1.34. The van der Waals surface area contributed by atoms with Gasteiger partial charge in [-0.05, 0) is 67.2 Å². The molecule has 0 spiro atoms. The third kappa shape index (κ3) is 26.8. The van der Waals surface area contributed by atoms with E-state index in [0.29, 0.717) is 6.42 Å². The number of rotatable bonds is 10. The Morgan fingerprint density at radius 1 is 0.895 bits per heavy atom. The molecule has 0 atom stereocenters. The second-order valence-corrected chi connectivity index (χ2v) is 4.23. The molecule has 0 saturated carbocycles. The average Bonchev–Trinajstić information content (AvgIpc) is 2.38. The molecule has 0 heterocycles. The van der Waals surface area contributed by atoms with Gasteiger partial charge in [0, 0.05) is 13.0 Å². The fourth-order valence-electron chi connectivity index (χ4n) is 1.34. The molecule has 0 unspecified atom stereocenters. The van der Waals surface area contributed by atoms with Crippen molar-refractivity contribution in [2.24, 2.45) is 0 Å². The first-order valence-corrected chi connectivity index (χ1v) is 6.72. The highest BCUT2D eigenvalue weighted by atomic mass is 15.1. The first kappa shape index (κ1) is 23.4. The van der Waals surface area contributed by atoms with Gasteiger partial charge < -0.3 is 27.0 Å². The van der Waals surface area contributed by atoms with Crippen molar-refractivity contribution in [1.82, 2.24) is 27.0 Å². The Balaban J connectivity index is -0.000000313. The minimum Gasteiger partial charge on any atom is -0.344 e. The third-order valence-corrected chi connectivity index (χ3v) is 2.42. The molecule has 0 aromatic carbocycles. The molecule has 0 rings (SSSR count). The van der Waals surface area contributed by atoms with Gasteiger partial charge in [-0.2, -0.15) is 5.26 Å². The Morgan fingerprint density at radius 3 is 1.58 bits per heavy atom. The maximum absolute atomic E-state index is 7.91. The highest BCUT2D eigenvalue weighted by Crippen LogP contribution is 1.88. The highest BCUT2D eigenvalue weighted by molar-refractivity contribution is 4.68. The molecule has 0 aliphatic heterocycles. The summed E-state index contributed by atoms with van der Waals surface area (Å²) in [5.74, 6) is 0. The van der Waals surface area contributed by atoms with Gasteiger partial charge in [-0.1, -0.05) is 0 Å². The van der Waals surface area contributed by atoms with Crippen LogP contribution in [-0.4, -0.2) is 65.8 Å². The smallest absolute Gasteiger partial charge is 0.0635 e. The maximum Gasteiger partial charge on any atom is 0.0635 e. The number of nitriles is 1. The Kier molecular flexibility index (Phi) is 27.7. The first-order valence-electron chi connectivity index (χ1n) is 6.72. The molecule has 0 aromatic rings. The monoisotopic (exact) mass is 274 g/mol. The first-order chi connectivity index (χ1) is 8.72. The van der Waals surface area contributed by atoms with Gasteiger partial charge in [-0.3, -0.25) is 0 Å². The van der Waals surface area contributed by atoms with E-state index in [1.54, 1.807) is 0 Å². The van der Waals surface area contributed by atoms with Crippen molar-refractivity contribution in [2.45, 2.75) is 19.3 Å². The van der Waals surface area contributed by atoms with Crippen molar-refractivity contribution in [3.8, 4) is 6.07 Å². The highest BCUT2D eigenvalue weighted by Gasteiger charge is 1.95. The Labute approximate surface area is 119 Å². The zero-order chi connectivity index (χ0) is 14.1. The van der Waals surface area contributed by atoms with Gasteiger partial charge >= 0.3 is 0 Å². The fraction of sp³-hybridized carbons (Fsp3) is 0.923. The van der Waals surface area contributed by atoms with Crippen LogP contribution < -0.4 is 22.1 Å². The maximum atomic E-state index is 7.91. The quantitative estimate of drug-likeness (QED) is 0.431. The molecule has 19 heavy (non-hydrogen) atoms. The van der Waals surface area contributed by atoms with Crippen LogP contribution in [0.4, 0.5) is 0 Å². The lowest BCUT2D eigenvalue weighted by Crippen LogP contribution is -2.25. The van der Waals surface area contributed by atoms with Crippen LogP contribution in [-0.2, 0) is 0 Å². The van der Waals surface area contributed by atoms with Gasteiger partial charge in [-0.15, -0.1) is 0 Å². The van der Waals surface area contributed by atoms with Crippen molar-refractivity contribution in [3.63, 3.8) is 0 Å². The van der Waals surface area contributed by atoms with Crippen molar-refractivity contribution >= 4 is 0 Å². The van der Waals surface area contributed by atoms with Crippen molar-refractivity contribution in [2.75, 3.05) is 60.9 Å². The Bertz CT molecular complexity index is 170. The van der Waals surface area contributed by atoms with E-state index in [1.807, 2.05) is 27.2 Å². The predicted octanol–water partition coefficient (Wildman–Crippen LogP) is 0.419. The zero-order valence-electron chi connectivity index (χ0n) is 13.3. The molecular weight excluding hydrogens is 240 g/mol. The van der Waals surface area contributed by atoms with Gasteiger partial charge in [-0.25, -0.2) is 0 Å². The Morgan fingerprint density at radius 2 is 1.32 bits per heavy atom. The normalized spacial score (nSPS) is 9.26. The molecule has 0 amide bonds. The summed E-state index contributed by atoms with van der Waals surface area (Å²) >= 11 is 0. The van der Waals surface area contributed by atoms with Crippen LogP contribution in [0, 0.1) is 11.3 Å². The summed E-state index contributed by atoms with van der Waals surface area (Å²) in [6.45, 7) is 5.44. The number of nitrogens with zero attached hydrogens (tertiary/aromatic N) is 2. The molecule has 0 aliphatic rings. The lowest BCUT2D eigenvalue weighted by Gasteiger charge is -2.15. The second kappa shape index (κ2) is 22.5. The predicted molar refractivity (Wildman–Crippen MR) is 83.8 cm³/mol. The zero-order valence-corrected chi connectivity index (χ0v) is 13.3. The molecule has 6 heteroatoms. The summed E-state index contributed by atoms with van der Waals surface area (Å²) < 4.78 is 0. The van der Waals surface area contributed by atoms with Crippen LogP contribution >= 0.6 is 0 Å². The summed E-state index contributed by atoms with van der Waals surface area (Å²) in [5.41, 5.74) is 0. The average molecular weight is 274 g/mol. The largest absolute Gasteiger partial charge is 0.344 e. The van der Waals surface area contributed by atoms with Crippen LogP contribution in [0.1, 0.15) is 19.3 Å². The van der Waals surface area contributed by atoms with Crippen molar-refractivity contribution in [1.29, 1.82) is 5.26 Å². The molecule has 0 fully saturated rings. The van der Waals surface area contributed by atoms with Crippen LogP contribution in [0.5, 0.6) is 0 Å². The molecular formula is C13H34N6. The van der Waals surface area contributed by atoms with Gasteiger partial charge in [0.25, 0.3) is 0 Å². The van der Waals surface area contributed by atoms with Crippen LogP contribution in [0.15, 0.2) is 0 Å². The lowest BCUT2D eigenvalue weighted by molar-refractivity contribution is 0.323. The van der Waals surface area contributed by atoms with Gasteiger partial charge in [0.05, 0.1) is 6.07 Å². The van der Waals surface area contributed by atoms with Crippen LogP contribution in [0.3, 0.4) is 0 Å². The third-order valence-electron chi connectivity index (χ3n) is 2.42. The second-order valence-electron chi connectivity index (χ2n) is 4.23. The summed E-state index contributed by atoms with van der Waals surface area (Å²) in [7, 11) is 8.02. The minimum atomic E-state index is 0. The SMILES string of the molecule is CNCCC#N.CNCCCN(C)CCCNC.N. The van der Waals surface area contributed by atoms with Gasteiger partial charge in [0.2, 0.25) is 0 Å². The molecule has 6 N–H and O–H groups in total. The molecule has 0 saturated heterocycles. The molecule has 0 radical (unpaired) electrons. The van der Waals surface area contributed by atoms with E-state index < -0.39 is 0 Å². The Hall–Kier alpha value is -0.710. The molecule has 116 valence electrons. The topological polar surface area (TPSA) is 98.1 Å². The van der Waals surface area contributed by atoms with E-state index in [0.717, 1.165) is 19.6 Å². The van der Waals surface area contributed by atoms with E-state index in [4.69, 9.17) is 5.26 Å². The van der Waals surface area contributed by atoms with Crippen LogP contribution in [0.25, 0.3) is 0 Å². The van der Waals surface area contributed by atoms with Crippen molar-refractivity contribution in [3.05, 3.63) is 0 Å². The summed E-state index contributed by atoms with van der Waals surface area (Å²) in [5, 5.41) is 17.1. The lowest BCUT2D eigenvalue weighted by atomic mass is 10.3. The van der Waals surface area contributed by atoms with E-state index in [2.05, 4.69) is 27.9 Å². The standard InChI is InChI=1S/C9H23N3.C4H8N2.H3N/c1-10-6-4-8-12(3)9-5-7-11-2;1-6-4-2-3-5;/h10-11H,4-9H2,1-3H3;6H,2,4H2,1H3;1H3. The van der Waals surface area contributed by atoms with E-state index in [9.17, 15) is 0 Å². The van der Waals surface area contributed by atoms with Crippen molar-refractivity contribution < 1.29 is 0 Å². The summed E-state index contributed by atoms with van der Waals surface area (Å²) in [4.78, 5) is 2.38. The molecule has 6 nitrogen and oxygen atoms in total. The van der Waals surface area contributed by atoms with Gasteiger partial charge in [0.15, 0.2) is 0 Å². The number of hydrogen-bond acceptors (Lipinski definition) is 6. The summed E-state index contributed by atoms with van der Waals surface area (Å²) in [6.07, 6.45) is 3.09. The van der Waals surface area contributed by atoms with E-state index >= 15 is 0 Å². The molecule has 0 bridgehead atoms. The molecule has 0 aliphatic carbocycles.